The van der Waals surface area contributed by atoms with E-state index >= 15 is 0 Å². The van der Waals surface area contributed by atoms with Crippen molar-refractivity contribution in [3.63, 3.8) is 0 Å². The summed E-state index contributed by atoms with van der Waals surface area (Å²) in [5, 5.41) is 10.9. The summed E-state index contributed by atoms with van der Waals surface area (Å²) in [5.74, 6) is -0.517. The monoisotopic (exact) mass is 417 g/mol. The van der Waals surface area contributed by atoms with Crippen molar-refractivity contribution in [3.05, 3.63) is 60.3 Å². The normalized spacial score (nSPS) is 17.6. The maximum Gasteiger partial charge on any atom is 0.246 e. The van der Waals surface area contributed by atoms with Crippen molar-refractivity contribution in [3.8, 4) is 0 Å². The van der Waals surface area contributed by atoms with E-state index in [0.717, 1.165) is 10.4 Å². The molecular weight excluding hydrogens is 397 g/mol. The van der Waals surface area contributed by atoms with Gasteiger partial charge in [0, 0.05) is 25.7 Å². The van der Waals surface area contributed by atoms with Crippen LogP contribution in [0.4, 0.5) is 4.39 Å². The lowest BCUT2D eigenvalue weighted by Crippen LogP contribution is -2.46. The van der Waals surface area contributed by atoms with Crippen LogP contribution in [0.1, 0.15) is 18.7 Å². The number of amides is 1. The van der Waals surface area contributed by atoms with Crippen LogP contribution >= 0.6 is 0 Å². The van der Waals surface area contributed by atoms with Crippen LogP contribution in [-0.2, 0) is 21.2 Å². The average Bonchev–Trinajstić information content (AvgIpc) is 3.36. The minimum absolute atomic E-state index is 0.184. The Bertz CT molecular complexity index is 1150. The van der Waals surface area contributed by atoms with Crippen molar-refractivity contribution in [2.24, 2.45) is 0 Å². The smallest absolute Gasteiger partial charge is 0.246 e. The quantitative estimate of drug-likeness (QED) is 0.654. The lowest BCUT2D eigenvalue weighted by Gasteiger charge is -2.23. The highest BCUT2D eigenvalue weighted by atomic mass is 32.2. The van der Waals surface area contributed by atoms with Crippen LogP contribution in [0.2, 0.25) is 0 Å². The number of hydrogen-bond acceptors (Lipinski definition) is 5. The number of pyridine rings is 1. The van der Waals surface area contributed by atoms with Crippen molar-refractivity contribution < 1.29 is 17.6 Å². The molecule has 0 spiro atoms. The van der Waals surface area contributed by atoms with Gasteiger partial charge in [-0.25, -0.2) is 12.8 Å². The number of nitrogens with zero attached hydrogens (tertiary/aromatic N) is 4. The van der Waals surface area contributed by atoms with Gasteiger partial charge in [-0.15, -0.1) is 10.2 Å². The minimum Gasteiger partial charge on any atom is -0.354 e. The molecule has 1 fully saturated rings. The van der Waals surface area contributed by atoms with Crippen LogP contribution in [0.15, 0.2) is 53.6 Å². The number of nitrogens with one attached hydrogen (secondary N) is 1. The van der Waals surface area contributed by atoms with E-state index < -0.39 is 32.7 Å². The summed E-state index contributed by atoms with van der Waals surface area (Å²) in [6, 6.07) is 9.91. The third-order valence-corrected chi connectivity index (χ3v) is 6.90. The molecule has 1 aliphatic heterocycles. The van der Waals surface area contributed by atoms with Gasteiger partial charge in [-0.05, 0) is 37.1 Å². The van der Waals surface area contributed by atoms with E-state index in [4.69, 9.17) is 0 Å². The predicted molar refractivity (Wildman–Crippen MR) is 103 cm³/mol. The Kier molecular flexibility index (Phi) is 5.29. The Labute approximate surface area is 167 Å². The van der Waals surface area contributed by atoms with Crippen molar-refractivity contribution in [1.82, 2.24) is 24.2 Å². The van der Waals surface area contributed by atoms with Gasteiger partial charge in [0.1, 0.15) is 22.6 Å². The van der Waals surface area contributed by atoms with Crippen molar-refractivity contribution in [2.45, 2.75) is 30.2 Å². The highest BCUT2D eigenvalue weighted by Gasteiger charge is 2.40. The predicted octanol–water partition coefficient (Wildman–Crippen LogP) is 1.38. The van der Waals surface area contributed by atoms with Crippen molar-refractivity contribution >= 4 is 21.6 Å². The summed E-state index contributed by atoms with van der Waals surface area (Å²) < 4.78 is 42.7. The third-order valence-electron chi connectivity index (χ3n) is 4.96. The Morgan fingerprint density at radius 1 is 1.17 bits per heavy atom. The molecule has 0 radical (unpaired) electrons. The summed E-state index contributed by atoms with van der Waals surface area (Å²) >= 11 is 0. The number of hydrogen-bond donors (Lipinski definition) is 1. The second-order valence-corrected chi connectivity index (χ2v) is 8.65. The Balaban J connectivity index is 1.43. The first-order chi connectivity index (χ1) is 14.0. The second kappa shape index (κ2) is 7.88. The maximum atomic E-state index is 14.0. The number of halogens is 1. The number of carbonyl (C=O) groups excluding carboxylic acids is 1. The first-order valence-corrected chi connectivity index (χ1v) is 10.8. The molecule has 1 atom stereocenters. The van der Waals surface area contributed by atoms with Crippen LogP contribution in [0, 0.1) is 5.82 Å². The fraction of sp³-hybridized carbons (Fsp3) is 0.316. The molecule has 2 aromatic heterocycles. The van der Waals surface area contributed by atoms with Crippen LogP contribution < -0.4 is 5.32 Å². The number of aromatic nitrogens is 3. The van der Waals surface area contributed by atoms with Gasteiger partial charge >= 0.3 is 0 Å². The first kappa shape index (κ1) is 19.5. The van der Waals surface area contributed by atoms with E-state index in [1.807, 2.05) is 28.8 Å². The molecule has 4 rings (SSSR count). The lowest BCUT2D eigenvalue weighted by atomic mass is 10.2. The van der Waals surface area contributed by atoms with Gasteiger partial charge < -0.3 is 5.32 Å². The zero-order chi connectivity index (χ0) is 20.4. The number of sulfonamides is 1. The molecule has 1 aliphatic rings. The van der Waals surface area contributed by atoms with Gasteiger partial charge in [-0.1, -0.05) is 18.2 Å². The molecule has 3 heterocycles. The molecule has 1 saturated heterocycles. The molecule has 0 bridgehead atoms. The molecule has 29 heavy (non-hydrogen) atoms. The molecule has 1 unspecified atom stereocenters. The zero-order valence-corrected chi connectivity index (χ0v) is 16.3. The molecule has 8 nitrogen and oxygen atoms in total. The first-order valence-electron chi connectivity index (χ1n) is 9.31. The van der Waals surface area contributed by atoms with E-state index in [1.165, 1.54) is 18.2 Å². The molecule has 3 aromatic rings. The highest BCUT2D eigenvalue weighted by Crippen LogP contribution is 2.27. The number of rotatable bonds is 6. The van der Waals surface area contributed by atoms with E-state index in [9.17, 15) is 17.6 Å². The van der Waals surface area contributed by atoms with E-state index in [1.54, 1.807) is 0 Å². The van der Waals surface area contributed by atoms with Gasteiger partial charge in [0.15, 0.2) is 5.65 Å². The van der Waals surface area contributed by atoms with Gasteiger partial charge in [0.25, 0.3) is 0 Å². The summed E-state index contributed by atoms with van der Waals surface area (Å²) in [4.78, 5) is 12.2. The largest absolute Gasteiger partial charge is 0.354 e. The standard InChI is InChI=1S/C19H20FN5O3S/c20-14-6-1-2-8-16(14)29(27,28)25-13-5-7-15(25)19(26)21-11-10-18-23-22-17-9-3-4-12-24(17)18/h1-4,6,8-9,12,15H,5,7,10-11,13H2,(H,21,26). The van der Waals surface area contributed by atoms with E-state index in [0.29, 0.717) is 37.3 Å². The van der Waals surface area contributed by atoms with Gasteiger partial charge in [0.2, 0.25) is 15.9 Å². The third kappa shape index (κ3) is 3.73. The number of benzene rings is 1. The molecule has 0 aliphatic carbocycles. The molecular formula is C19H20FN5O3S. The van der Waals surface area contributed by atoms with E-state index in [2.05, 4.69) is 15.5 Å². The Hall–Kier alpha value is -2.85. The summed E-state index contributed by atoms with van der Waals surface area (Å²) in [6.45, 7) is 0.474. The van der Waals surface area contributed by atoms with E-state index in [-0.39, 0.29) is 6.54 Å². The van der Waals surface area contributed by atoms with Gasteiger partial charge in [-0.2, -0.15) is 4.31 Å². The maximum absolute atomic E-state index is 14.0. The summed E-state index contributed by atoms with van der Waals surface area (Å²) in [7, 11) is -4.09. The number of carbonyl (C=O) groups is 1. The molecule has 1 amide bonds. The number of fused-ring (bicyclic) bond motifs is 1. The van der Waals surface area contributed by atoms with Gasteiger partial charge in [-0.3, -0.25) is 9.20 Å². The second-order valence-electron chi connectivity index (χ2n) is 6.79. The molecule has 152 valence electrons. The van der Waals surface area contributed by atoms with Gasteiger partial charge in [0.05, 0.1) is 0 Å². The summed E-state index contributed by atoms with van der Waals surface area (Å²) in [5.41, 5.74) is 0.715. The van der Waals surface area contributed by atoms with Crippen LogP contribution in [-0.4, -0.2) is 52.4 Å². The van der Waals surface area contributed by atoms with Crippen molar-refractivity contribution in [1.29, 1.82) is 0 Å². The molecule has 1 aromatic carbocycles. The SMILES string of the molecule is O=C(NCCc1nnc2ccccn12)C1CCCN1S(=O)(=O)c1ccccc1F. The molecule has 0 saturated carbocycles. The Morgan fingerprint density at radius 2 is 1.97 bits per heavy atom. The fourth-order valence-corrected chi connectivity index (χ4v) is 5.27. The molecule has 1 N–H and O–H groups in total. The van der Waals surface area contributed by atoms with Crippen molar-refractivity contribution in [2.75, 3.05) is 13.1 Å². The highest BCUT2D eigenvalue weighted by molar-refractivity contribution is 7.89. The van der Waals surface area contributed by atoms with Crippen LogP contribution in [0.5, 0.6) is 0 Å². The zero-order valence-electron chi connectivity index (χ0n) is 15.5. The molecule has 10 heteroatoms. The summed E-state index contributed by atoms with van der Waals surface area (Å²) in [6.07, 6.45) is 3.23. The average molecular weight is 417 g/mol. The topological polar surface area (TPSA) is 96.7 Å². The minimum atomic E-state index is -4.09. The van der Waals surface area contributed by atoms with Crippen LogP contribution in [0.3, 0.4) is 0 Å². The Morgan fingerprint density at radius 3 is 2.79 bits per heavy atom. The van der Waals surface area contributed by atoms with Crippen LogP contribution in [0.25, 0.3) is 5.65 Å². The fourth-order valence-electron chi connectivity index (χ4n) is 3.55. The lowest BCUT2D eigenvalue weighted by molar-refractivity contribution is -0.124.